The van der Waals surface area contributed by atoms with Crippen LogP contribution in [0.15, 0.2) is 0 Å². The SMILES string of the molecule is CC1CN(C2CC2N)C1. The van der Waals surface area contributed by atoms with Gasteiger partial charge in [-0.05, 0) is 12.3 Å². The van der Waals surface area contributed by atoms with E-state index in [9.17, 15) is 0 Å². The third-order valence-electron chi connectivity index (χ3n) is 2.37. The van der Waals surface area contributed by atoms with E-state index in [0.29, 0.717) is 6.04 Å². The number of nitrogens with two attached hydrogens (primary N) is 1. The summed E-state index contributed by atoms with van der Waals surface area (Å²) in [7, 11) is 0. The first-order chi connectivity index (χ1) is 4.27. The summed E-state index contributed by atoms with van der Waals surface area (Å²) in [6, 6.07) is 1.28. The van der Waals surface area contributed by atoms with Crippen LogP contribution < -0.4 is 5.73 Å². The molecule has 1 aliphatic heterocycles. The lowest BCUT2D eigenvalue weighted by Gasteiger charge is -2.37. The number of hydrogen-bond acceptors (Lipinski definition) is 2. The molecule has 9 heavy (non-hydrogen) atoms. The van der Waals surface area contributed by atoms with E-state index in [0.717, 1.165) is 12.0 Å². The standard InChI is InChI=1S/C7H14N2/c1-5-3-9(4-5)7-2-6(7)8/h5-7H,2-4,8H2,1H3. The average molecular weight is 126 g/mol. The Morgan fingerprint density at radius 1 is 1.44 bits per heavy atom. The molecule has 0 amide bonds. The predicted octanol–water partition coefficient (Wildman–Crippen LogP) is 0.0377. The van der Waals surface area contributed by atoms with Crippen molar-refractivity contribution in [1.29, 1.82) is 0 Å². The summed E-state index contributed by atoms with van der Waals surface area (Å²) in [5.74, 6) is 0.929. The van der Waals surface area contributed by atoms with Crippen molar-refractivity contribution in [2.45, 2.75) is 25.4 Å². The van der Waals surface area contributed by atoms with Crippen molar-refractivity contribution in [3.63, 3.8) is 0 Å². The zero-order chi connectivity index (χ0) is 6.43. The van der Waals surface area contributed by atoms with Gasteiger partial charge in [0.2, 0.25) is 0 Å². The highest BCUT2D eigenvalue weighted by Gasteiger charge is 2.42. The molecule has 0 bridgehead atoms. The molecule has 1 saturated heterocycles. The first-order valence-electron chi connectivity index (χ1n) is 3.77. The predicted molar refractivity (Wildman–Crippen MR) is 37.1 cm³/mol. The fourth-order valence-corrected chi connectivity index (χ4v) is 1.64. The van der Waals surface area contributed by atoms with E-state index in [1.807, 2.05) is 0 Å². The summed E-state index contributed by atoms with van der Waals surface area (Å²) in [4.78, 5) is 2.50. The van der Waals surface area contributed by atoms with E-state index in [1.54, 1.807) is 0 Å². The van der Waals surface area contributed by atoms with Crippen LogP contribution in [0.3, 0.4) is 0 Å². The molecule has 0 radical (unpaired) electrons. The second-order valence-electron chi connectivity index (χ2n) is 3.53. The molecule has 0 aromatic rings. The van der Waals surface area contributed by atoms with Gasteiger partial charge in [-0.2, -0.15) is 0 Å². The maximum atomic E-state index is 5.68. The van der Waals surface area contributed by atoms with Gasteiger partial charge in [0.15, 0.2) is 0 Å². The lowest BCUT2D eigenvalue weighted by atomic mass is 10.0. The minimum Gasteiger partial charge on any atom is -0.326 e. The average Bonchev–Trinajstić information content (AvgIpc) is 2.38. The highest BCUT2D eigenvalue weighted by molar-refractivity contribution is 5.02. The molecule has 2 heteroatoms. The van der Waals surface area contributed by atoms with Gasteiger partial charge in [-0.15, -0.1) is 0 Å². The highest BCUT2D eigenvalue weighted by atomic mass is 15.3. The van der Waals surface area contributed by atoms with Crippen LogP contribution in [-0.2, 0) is 0 Å². The Morgan fingerprint density at radius 3 is 2.33 bits per heavy atom. The van der Waals surface area contributed by atoms with Gasteiger partial charge in [-0.3, -0.25) is 4.90 Å². The second-order valence-corrected chi connectivity index (χ2v) is 3.53. The minimum absolute atomic E-state index is 0.512. The maximum Gasteiger partial charge on any atom is 0.0263 e. The monoisotopic (exact) mass is 126 g/mol. The third kappa shape index (κ3) is 0.864. The molecule has 0 spiro atoms. The van der Waals surface area contributed by atoms with E-state index < -0.39 is 0 Å². The fraction of sp³-hybridized carbons (Fsp3) is 1.00. The molecule has 2 fully saturated rings. The quantitative estimate of drug-likeness (QED) is 0.537. The number of likely N-dealkylation sites (tertiary alicyclic amines) is 1. The van der Waals surface area contributed by atoms with Crippen LogP contribution in [0.4, 0.5) is 0 Å². The van der Waals surface area contributed by atoms with E-state index >= 15 is 0 Å². The second kappa shape index (κ2) is 1.70. The zero-order valence-corrected chi connectivity index (χ0v) is 5.88. The van der Waals surface area contributed by atoms with Crippen molar-refractivity contribution in [1.82, 2.24) is 4.90 Å². The molecular weight excluding hydrogens is 112 g/mol. The molecule has 1 aliphatic carbocycles. The van der Waals surface area contributed by atoms with Crippen LogP contribution in [0.5, 0.6) is 0 Å². The molecule has 52 valence electrons. The van der Waals surface area contributed by atoms with Gasteiger partial charge in [0.25, 0.3) is 0 Å². The molecular formula is C7H14N2. The smallest absolute Gasteiger partial charge is 0.0263 e. The first kappa shape index (κ1) is 5.69. The molecule has 2 N–H and O–H groups in total. The van der Waals surface area contributed by atoms with Gasteiger partial charge in [0.05, 0.1) is 0 Å². The Bertz CT molecular complexity index is 118. The molecule has 0 aromatic carbocycles. The number of nitrogens with zero attached hydrogens (tertiary/aromatic N) is 1. The van der Waals surface area contributed by atoms with Crippen molar-refractivity contribution in [3.8, 4) is 0 Å². The van der Waals surface area contributed by atoms with Crippen molar-refractivity contribution in [2.24, 2.45) is 11.7 Å². The van der Waals surface area contributed by atoms with Crippen LogP contribution in [-0.4, -0.2) is 30.1 Å². The van der Waals surface area contributed by atoms with Crippen LogP contribution in [0.1, 0.15) is 13.3 Å². The third-order valence-corrected chi connectivity index (χ3v) is 2.37. The van der Waals surface area contributed by atoms with Gasteiger partial charge in [-0.1, -0.05) is 6.92 Å². The summed E-state index contributed by atoms with van der Waals surface area (Å²) in [5, 5.41) is 0. The number of hydrogen-bond donors (Lipinski definition) is 1. The molecule has 1 saturated carbocycles. The van der Waals surface area contributed by atoms with E-state index in [2.05, 4.69) is 11.8 Å². The highest BCUT2D eigenvalue weighted by Crippen LogP contribution is 2.31. The van der Waals surface area contributed by atoms with Crippen molar-refractivity contribution in [2.75, 3.05) is 13.1 Å². The molecule has 2 aliphatic rings. The lowest BCUT2D eigenvalue weighted by molar-refractivity contribution is 0.102. The van der Waals surface area contributed by atoms with E-state index in [1.165, 1.54) is 19.5 Å². The van der Waals surface area contributed by atoms with Gasteiger partial charge in [-0.25, -0.2) is 0 Å². The molecule has 0 aromatic heterocycles. The summed E-state index contributed by atoms with van der Waals surface area (Å²) in [5.41, 5.74) is 5.68. The Kier molecular flexibility index (Phi) is 1.08. The topological polar surface area (TPSA) is 29.3 Å². The van der Waals surface area contributed by atoms with Crippen molar-refractivity contribution < 1.29 is 0 Å². The fourth-order valence-electron chi connectivity index (χ4n) is 1.64. The number of rotatable bonds is 1. The zero-order valence-electron chi connectivity index (χ0n) is 5.88. The largest absolute Gasteiger partial charge is 0.326 e. The molecule has 2 unspecified atom stereocenters. The summed E-state index contributed by atoms with van der Waals surface area (Å²) >= 11 is 0. The summed E-state index contributed by atoms with van der Waals surface area (Å²) in [6.07, 6.45) is 1.24. The van der Waals surface area contributed by atoms with Crippen molar-refractivity contribution >= 4 is 0 Å². The lowest BCUT2D eigenvalue weighted by Crippen LogP contribution is -2.47. The van der Waals surface area contributed by atoms with Crippen LogP contribution in [0.2, 0.25) is 0 Å². The van der Waals surface area contributed by atoms with Crippen LogP contribution in [0.25, 0.3) is 0 Å². The summed E-state index contributed by atoms with van der Waals surface area (Å²) < 4.78 is 0. The first-order valence-corrected chi connectivity index (χ1v) is 3.77. The maximum absolute atomic E-state index is 5.68. The van der Waals surface area contributed by atoms with Crippen LogP contribution >= 0.6 is 0 Å². The Hall–Kier alpha value is -0.0800. The summed E-state index contributed by atoms with van der Waals surface area (Å²) in [6.45, 7) is 4.88. The van der Waals surface area contributed by atoms with E-state index in [4.69, 9.17) is 5.73 Å². The van der Waals surface area contributed by atoms with Gasteiger partial charge in [0.1, 0.15) is 0 Å². The molecule has 2 rings (SSSR count). The molecule has 1 heterocycles. The Morgan fingerprint density at radius 2 is 2.00 bits per heavy atom. The Balaban J connectivity index is 1.78. The van der Waals surface area contributed by atoms with Gasteiger partial charge in [0, 0.05) is 25.2 Å². The van der Waals surface area contributed by atoms with E-state index in [-0.39, 0.29) is 0 Å². The molecule has 2 atom stereocenters. The normalized spacial score (nSPS) is 44.7. The van der Waals surface area contributed by atoms with Crippen molar-refractivity contribution in [3.05, 3.63) is 0 Å². The molecule has 2 nitrogen and oxygen atoms in total. The minimum atomic E-state index is 0.512. The Labute approximate surface area is 56.0 Å². The van der Waals surface area contributed by atoms with Crippen LogP contribution in [0, 0.1) is 5.92 Å². The van der Waals surface area contributed by atoms with Gasteiger partial charge < -0.3 is 5.73 Å². The van der Waals surface area contributed by atoms with Gasteiger partial charge >= 0.3 is 0 Å².